The van der Waals surface area contributed by atoms with Crippen molar-refractivity contribution in [2.24, 2.45) is 5.92 Å². The molecule has 1 heterocycles. The molecule has 0 amide bonds. The van der Waals surface area contributed by atoms with Gasteiger partial charge in [0.2, 0.25) is 5.88 Å². The molecule has 3 rings (SSSR count). The first-order valence-electron chi connectivity index (χ1n) is 6.52. The van der Waals surface area contributed by atoms with E-state index in [1.165, 1.54) is 0 Å². The molecule has 3 nitrogen and oxygen atoms in total. The summed E-state index contributed by atoms with van der Waals surface area (Å²) in [6.45, 7) is 1.09. The van der Waals surface area contributed by atoms with E-state index in [1.54, 1.807) is 0 Å². The second-order valence-corrected chi connectivity index (χ2v) is 4.98. The molecule has 0 atom stereocenters. The smallest absolute Gasteiger partial charge is 0.214 e. The Morgan fingerprint density at radius 3 is 2.89 bits per heavy atom. The summed E-state index contributed by atoms with van der Waals surface area (Å²) in [5, 5.41) is 4.37. The highest BCUT2D eigenvalue weighted by Gasteiger charge is 2.30. The van der Waals surface area contributed by atoms with Gasteiger partial charge in [0.1, 0.15) is 6.10 Å². The predicted molar refractivity (Wildman–Crippen MR) is 72.8 cm³/mol. The molecule has 1 saturated carbocycles. The Kier molecular flexibility index (Phi) is 3.15. The summed E-state index contributed by atoms with van der Waals surface area (Å²) in [6.07, 6.45) is 2.61. The van der Waals surface area contributed by atoms with Crippen LogP contribution in [0.5, 0.6) is 5.88 Å². The molecular weight excluding hydrogens is 224 g/mol. The third-order valence-electron chi connectivity index (χ3n) is 3.55. The maximum absolute atomic E-state index is 5.90. The molecule has 2 aromatic rings. The summed E-state index contributed by atoms with van der Waals surface area (Å²) in [7, 11) is 2.00. The van der Waals surface area contributed by atoms with Crippen molar-refractivity contribution in [3.05, 3.63) is 36.4 Å². The van der Waals surface area contributed by atoms with Crippen molar-refractivity contribution in [3.63, 3.8) is 0 Å². The molecule has 1 N–H and O–H groups in total. The van der Waals surface area contributed by atoms with Gasteiger partial charge in [-0.3, -0.25) is 0 Å². The van der Waals surface area contributed by atoms with Crippen LogP contribution < -0.4 is 10.1 Å². The minimum absolute atomic E-state index is 0.344. The lowest BCUT2D eigenvalue weighted by molar-refractivity contribution is 0.0620. The van der Waals surface area contributed by atoms with E-state index in [0.717, 1.165) is 42.1 Å². The number of hydrogen-bond acceptors (Lipinski definition) is 3. The summed E-state index contributed by atoms with van der Waals surface area (Å²) in [6, 6.07) is 12.2. The number of fused-ring (bicyclic) bond motifs is 1. The SMILES string of the molecule is CNCC1CC(Oc2ccc3ccccc3n2)C1. The number of ether oxygens (including phenoxy) is 1. The fourth-order valence-electron chi connectivity index (χ4n) is 2.51. The van der Waals surface area contributed by atoms with Gasteiger partial charge in [0.15, 0.2) is 0 Å². The highest BCUT2D eigenvalue weighted by molar-refractivity contribution is 5.78. The summed E-state index contributed by atoms with van der Waals surface area (Å²) < 4.78 is 5.90. The van der Waals surface area contributed by atoms with Crippen molar-refractivity contribution in [2.75, 3.05) is 13.6 Å². The number of pyridine rings is 1. The van der Waals surface area contributed by atoms with E-state index in [-0.39, 0.29) is 0 Å². The van der Waals surface area contributed by atoms with Gasteiger partial charge in [-0.15, -0.1) is 0 Å². The molecular formula is C15H18N2O. The van der Waals surface area contributed by atoms with Gasteiger partial charge >= 0.3 is 0 Å². The lowest BCUT2D eigenvalue weighted by Gasteiger charge is -2.34. The van der Waals surface area contributed by atoms with Crippen LogP contribution in [0.15, 0.2) is 36.4 Å². The molecule has 1 aromatic carbocycles. The maximum Gasteiger partial charge on any atom is 0.214 e. The van der Waals surface area contributed by atoms with Crippen LogP contribution in [0.3, 0.4) is 0 Å². The molecule has 3 heteroatoms. The molecule has 1 aliphatic carbocycles. The number of benzene rings is 1. The predicted octanol–water partition coefficient (Wildman–Crippen LogP) is 2.61. The van der Waals surface area contributed by atoms with E-state index >= 15 is 0 Å². The van der Waals surface area contributed by atoms with Crippen molar-refractivity contribution < 1.29 is 4.74 Å². The Bertz CT molecular complexity index is 535. The molecule has 1 aromatic heterocycles. The second kappa shape index (κ2) is 4.94. The summed E-state index contributed by atoms with van der Waals surface area (Å²) >= 11 is 0. The number of nitrogens with one attached hydrogen (secondary N) is 1. The molecule has 94 valence electrons. The van der Waals surface area contributed by atoms with Crippen LogP contribution in [0.25, 0.3) is 10.9 Å². The van der Waals surface area contributed by atoms with Crippen LogP contribution in [-0.4, -0.2) is 24.7 Å². The van der Waals surface area contributed by atoms with Crippen LogP contribution in [0, 0.1) is 5.92 Å². The van der Waals surface area contributed by atoms with Gasteiger partial charge in [-0.05, 0) is 44.5 Å². The molecule has 0 radical (unpaired) electrons. The van der Waals surface area contributed by atoms with Crippen molar-refractivity contribution in [1.82, 2.24) is 10.3 Å². The van der Waals surface area contributed by atoms with E-state index in [4.69, 9.17) is 4.74 Å². The first-order valence-corrected chi connectivity index (χ1v) is 6.52. The summed E-state index contributed by atoms with van der Waals surface area (Å²) in [4.78, 5) is 4.53. The van der Waals surface area contributed by atoms with Gasteiger partial charge in [-0.25, -0.2) is 4.98 Å². The Morgan fingerprint density at radius 2 is 2.06 bits per heavy atom. The minimum Gasteiger partial charge on any atom is -0.474 e. The number of rotatable bonds is 4. The third-order valence-corrected chi connectivity index (χ3v) is 3.55. The van der Waals surface area contributed by atoms with E-state index in [1.807, 2.05) is 31.3 Å². The molecule has 0 aliphatic heterocycles. The largest absolute Gasteiger partial charge is 0.474 e. The Morgan fingerprint density at radius 1 is 1.22 bits per heavy atom. The van der Waals surface area contributed by atoms with E-state index < -0.39 is 0 Å². The van der Waals surface area contributed by atoms with Crippen LogP contribution in [0.2, 0.25) is 0 Å². The monoisotopic (exact) mass is 242 g/mol. The van der Waals surface area contributed by atoms with Crippen LogP contribution in [0.1, 0.15) is 12.8 Å². The highest BCUT2D eigenvalue weighted by Crippen LogP contribution is 2.30. The number of aromatic nitrogens is 1. The molecule has 1 aliphatic rings. The van der Waals surface area contributed by atoms with Crippen LogP contribution >= 0.6 is 0 Å². The molecule has 1 fully saturated rings. The summed E-state index contributed by atoms with van der Waals surface area (Å²) in [5.74, 6) is 1.52. The zero-order valence-electron chi connectivity index (χ0n) is 10.6. The zero-order chi connectivity index (χ0) is 12.4. The Balaban J connectivity index is 1.65. The van der Waals surface area contributed by atoms with Gasteiger partial charge in [-0.2, -0.15) is 0 Å². The fourth-order valence-corrected chi connectivity index (χ4v) is 2.51. The summed E-state index contributed by atoms with van der Waals surface area (Å²) in [5.41, 5.74) is 1.00. The quantitative estimate of drug-likeness (QED) is 0.895. The lowest BCUT2D eigenvalue weighted by Crippen LogP contribution is -2.38. The van der Waals surface area contributed by atoms with Crippen LogP contribution in [-0.2, 0) is 0 Å². The third kappa shape index (κ3) is 2.31. The molecule has 0 bridgehead atoms. The normalized spacial score (nSPS) is 22.7. The zero-order valence-corrected chi connectivity index (χ0v) is 10.6. The molecule has 0 saturated heterocycles. The first kappa shape index (κ1) is 11.5. The topological polar surface area (TPSA) is 34.1 Å². The number of para-hydroxylation sites is 1. The van der Waals surface area contributed by atoms with Crippen molar-refractivity contribution in [1.29, 1.82) is 0 Å². The van der Waals surface area contributed by atoms with Crippen LogP contribution in [0.4, 0.5) is 0 Å². The number of hydrogen-bond donors (Lipinski definition) is 1. The molecule has 0 unspecified atom stereocenters. The highest BCUT2D eigenvalue weighted by atomic mass is 16.5. The van der Waals surface area contributed by atoms with Gasteiger partial charge in [0.05, 0.1) is 5.52 Å². The Labute approximate surface area is 107 Å². The van der Waals surface area contributed by atoms with Crippen molar-refractivity contribution in [2.45, 2.75) is 18.9 Å². The maximum atomic E-state index is 5.90. The molecule has 18 heavy (non-hydrogen) atoms. The van der Waals surface area contributed by atoms with E-state index in [2.05, 4.69) is 22.4 Å². The first-order chi connectivity index (χ1) is 8.85. The minimum atomic E-state index is 0.344. The Hall–Kier alpha value is -1.61. The number of nitrogens with zero attached hydrogens (tertiary/aromatic N) is 1. The van der Waals surface area contributed by atoms with E-state index in [9.17, 15) is 0 Å². The van der Waals surface area contributed by atoms with Gasteiger partial charge in [0.25, 0.3) is 0 Å². The standard InChI is InChI=1S/C15H18N2O/c1-16-10-11-8-13(9-11)18-15-7-6-12-4-2-3-5-14(12)17-15/h2-7,11,13,16H,8-10H2,1H3. The van der Waals surface area contributed by atoms with Gasteiger partial charge < -0.3 is 10.1 Å². The van der Waals surface area contributed by atoms with Crippen molar-refractivity contribution >= 4 is 10.9 Å². The average molecular weight is 242 g/mol. The fraction of sp³-hybridized carbons (Fsp3) is 0.400. The van der Waals surface area contributed by atoms with Gasteiger partial charge in [0, 0.05) is 11.5 Å². The van der Waals surface area contributed by atoms with E-state index in [0.29, 0.717) is 6.10 Å². The second-order valence-electron chi connectivity index (χ2n) is 4.98. The van der Waals surface area contributed by atoms with Crippen molar-refractivity contribution in [3.8, 4) is 5.88 Å². The molecule has 0 spiro atoms. The average Bonchev–Trinajstić information content (AvgIpc) is 2.36. The van der Waals surface area contributed by atoms with Gasteiger partial charge in [-0.1, -0.05) is 18.2 Å². The lowest BCUT2D eigenvalue weighted by atomic mass is 9.82.